The van der Waals surface area contributed by atoms with Gasteiger partial charge in [-0.3, -0.25) is 0 Å². The summed E-state index contributed by atoms with van der Waals surface area (Å²) >= 11 is 0. The van der Waals surface area contributed by atoms with Gasteiger partial charge in [-0.1, -0.05) is 0 Å². The SMILES string of the molecule is C[N-]C.C[N-]C.[Ba+2]. The van der Waals surface area contributed by atoms with Crippen LogP contribution in [0.5, 0.6) is 0 Å². The number of nitrogens with zero attached hydrogens (tertiary/aromatic N) is 2. The van der Waals surface area contributed by atoms with E-state index in [-0.39, 0.29) is 48.9 Å². The zero-order chi connectivity index (χ0) is 5.41. The van der Waals surface area contributed by atoms with Gasteiger partial charge in [0.15, 0.2) is 0 Å². The van der Waals surface area contributed by atoms with Gasteiger partial charge in [0.1, 0.15) is 0 Å². The first-order valence-corrected chi connectivity index (χ1v) is 1.79. The van der Waals surface area contributed by atoms with Gasteiger partial charge < -0.3 is 10.6 Å². The van der Waals surface area contributed by atoms with Crippen LogP contribution in [0.25, 0.3) is 10.6 Å². The molecule has 7 heavy (non-hydrogen) atoms. The molecule has 40 valence electrons. The van der Waals surface area contributed by atoms with Crippen molar-refractivity contribution in [3.05, 3.63) is 10.6 Å². The van der Waals surface area contributed by atoms with Crippen LogP contribution in [0.15, 0.2) is 0 Å². The average molecular weight is 225 g/mol. The van der Waals surface area contributed by atoms with Crippen molar-refractivity contribution in [1.82, 2.24) is 0 Å². The summed E-state index contributed by atoms with van der Waals surface area (Å²) in [5.41, 5.74) is 0. The predicted octanol–water partition coefficient (Wildman–Crippen LogP) is 0.859. The molecule has 0 heterocycles. The fourth-order valence-electron chi connectivity index (χ4n) is 0. The van der Waals surface area contributed by atoms with Crippen molar-refractivity contribution >= 4 is 48.9 Å². The molecule has 0 fully saturated rings. The molecule has 0 aliphatic heterocycles. The largest absolute Gasteiger partial charge is 2.00 e. The van der Waals surface area contributed by atoms with Crippen LogP contribution in [0.4, 0.5) is 0 Å². The maximum absolute atomic E-state index is 3.50. The van der Waals surface area contributed by atoms with Crippen LogP contribution in [0.2, 0.25) is 0 Å². The first-order valence-electron chi connectivity index (χ1n) is 1.79. The molecule has 0 N–H and O–H groups in total. The summed E-state index contributed by atoms with van der Waals surface area (Å²) in [6.45, 7) is 0. The van der Waals surface area contributed by atoms with Gasteiger partial charge in [0.25, 0.3) is 0 Å². The molecule has 0 saturated heterocycles. The third kappa shape index (κ3) is 102. The zero-order valence-electron chi connectivity index (χ0n) is 5.60. The summed E-state index contributed by atoms with van der Waals surface area (Å²) in [6, 6.07) is 0. The van der Waals surface area contributed by atoms with E-state index in [2.05, 4.69) is 10.6 Å². The van der Waals surface area contributed by atoms with Gasteiger partial charge >= 0.3 is 48.9 Å². The molecule has 0 atom stereocenters. The van der Waals surface area contributed by atoms with Gasteiger partial charge in [-0.05, 0) is 0 Å². The van der Waals surface area contributed by atoms with Crippen LogP contribution in [0, 0.1) is 0 Å². The van der Waals surface area contributed by atoms with Crippen LogP contribution in [0.3, 0.4) is 0 Å². The third-order valence-electron chi connectivity index (χ3n) is 0. The van der Waals surface area contributed by atoms with Crippen molar-refractivity contribution in [3.63, 3.8) is 0 Å². The van der Waals surface area contributed by atoms with Gasteiger partial charge in [0.2, 0.25) is 0 Å². The average Bonchev–Trinajstić information content (AvgIpc) is 1.39. The number of hydrogen-bond donors (Lipinski definition) is 0. The summed E-state index contributed by atoms with van der Waals surface area (Å²) in [7, 11) is 7.00. The maximum atomic E-state index is 3.50. The Morgan fingerprint density at radius 1 is 0.714 bits per heavy atom. The van der Waals surface area contributed by atoms with Crippen molar-refractivity contribution in [1.29, 1.82) is 0 Å². The number of rotatable bonds is 0. The van der Waals surface area contributed by atoms with Crippen molar-refractivity contribution in [2.75, 3.05) is 28.2 Å². The Morgan fingerprint density at radius 2 is 0.714 bits per heavy atom. The van der Waals surface area contributed by atoms with Crippen molar-refractivity contribution in [2.24, 2.45) is 0 Å². The Morgan fingerprint density at radius 3 is 0.714 bits per heavy atom. The van der Waals surface area contributed by atoms with Crippen molar-refractivity contribution in [3.8, 4) is 0 Å². The van der Waals surface area contributed by atoms with Gasteiger partial charge in [-0.15, -0.1) is 0 Å². The first kappa shape index (κ1) is 15.8. The van der Waals surface area contributed by atoms with Crippen LogP contribution >= 0.6 is 0 Å². The van der Waals surface area contributed by atoms with Gasteiger partial charge in [-0.2, -0.15) is 28.2 Å². The first-order chi connectivity index (χ1) is 2.83. The molecule has 0 spiro atoms. The van der Waals surface area contributed by atoms with E-state index in [1.807, 2.05) is 0 Å². The topological polar surface area (TPSA) is 28.2 Å². The van der Waals surface area contributed by atoms with Crippen LogP contribution in [-0.2, 0) is 0 Å². The van der Waals surface area contributed by atoms with E-state index in [1.165, 1.54) is 0 Å². The number of hydrogen-bond acceptors (Lipinski definition) is 0. The molecule has 0 amide bonds. The van der Waals surface area contributed by atoms with E-state index in [1.54, 1.807) is 28.2 Å². The molecule has 0 aliphatic carbocycles. The smallest absolute Gasteiger partial charge is 0.668 e. The predicted molar refractivity (Wildman–Crippen MR) is 36.2 cm³/mol. The fraction of sp³-hybridized carbons (Fsp3) is 1.00. The normalized spacial score (nSPS) is 5.14. The third-order valence-corrected chi connectivity index (χ3v) is 0. The summed E-state index contributed by atoms with van der Waals surface area (Å²) in [4.78, 5) is 0. The zero-order valence-corrected chi connectivity index (χ0v) is 10.0. The summed E-state index contributed by atoms with van der Waals surface area (Å²) in [5.74, 6) is 0. The Balaban J connectivity index is -0.0000000400. The summed E-state index contributed by atoms with van der Waals surface area (Å²) < 4.78 is 0. The van der Waals surface area contributed by atoms with Crippen LogP contribution < -0.4 is 0 Å². The standard InChI is InChI=1S/2C2H6N.Ba/c2*1-3-2;/h2*1-2H3;/q2*-1;+2. The molecule has 0 bridgehead atoms. The molecule has 0 unspecified atom stereocenters. The van der Waals surface area contributed by atoms with Gasteiger partial charge in [-0.25, -0.2) is 0 Å². The van der Waals surface area contributed by atoms with Crippen molar-refractivity contribution in [2.45, 2.75) is 0 Å². The molecule has 0 saturated carbocycles. The van der Waals surface area contributed by atoms with Crippen molar-refractivity contribution < 1.29 is 0 Å². The molecule has 0 aromatic carbocycles. The second-order valence-electron chi connectivity index (χ2n) is 0.894. The second-order valence-corrected chi connectivity index (χ2v) is 0.894. The fourth-order valence-corrected chi connectivity index (χ4v) is 0. The van der Waals surface area contributed by atoms with E-state index in [0.717, 1.165) is 0 Å². The Bertz CT molecular complexity index is 11.7. The molecular weight excluding hydrogens is 213 g/mol. The molecular formula is C4H12BaN2. The van der Waals surface area contributed by atoms with E-state index < -0.39 is 0 Å². The van der Waals surface area contributed by atoms with E-state index in [0.29, 0.717) is 0 Å². The molecule has 0 rings (SSSR count). The molecule has 3 heteroatoms. The maximum Gasteiger partial charge on any atom is 2.00 e. The quantitative estimate of drug-likeness (QED) is 0.547. The minimum Gasteiger partial charge on any atom is -0.668 e. The Kier molecular flexibility index (Phi) is 58.5. The van der Waals surface area contributed by atoms with E-state index >= 15 is 0 Å². The van der Waals surface area contributed by atoms with Gasteiger partial charge in [0.05, 0.1) is 0 Å². The molecule has 0 aromatic rings. The second kappa shape index (κ2) is 25.9. The molecule has 2 nitrogen and oxygen atoms in total. The monoisotopic (exact) mass is 226 g/mol. The summed E-state index contributed by atoms with van der Waals surface area (Å²) in [6.07, 6.45) is 0. The Hall–Kier alpha value is 1.49. The van der Waals surface area contributed by atoms with Gasteiger partial charge in [0, 0.05) is 0 Å². The molecule has 0 radical (unpaired) electrons. The van der Waals surface area contributed by atoms with E-state index in [4.69, 9.17) is 0 Å². The minimum absolute atomic E-state index is 0. The minimum atomic E-state index is 0. The van der Waals surface area contributed by atoms with E-state index in [9.17, 15) is 0 Å². The summed E-state index contributed by atoms with van der Waals surface area (Å²) in [5, 5.41) is 7.00. The Labute approximate surface area is 86.5 Å². The van der Waals surface area contributed by atoms with Crippen LogP contribution in [-0.4, -0.2) is 77.1 Å². The molecule has 0 aliphatic rings. The molecule has 0 aromatic heterocycles. The van der Waals surface area contributed by atoms with Crippen LogP contribution in [0.1, 0.15) is 0 Å².